The fourth-order valence-electron chi connectivity index (χ4n) is 2.69. The Labute approximate surface area is 110 Å². The van der Waals surface area contributed by atoms with Gasteiger partial charge in [-0.05, 0) is 67.1 Å². The van der Waals surface area contributed by atoms with Crippen LogP contribution in [-0.2, 0) is 0 Å². The summed E-state index contributed by atoms with van der Waals surface area (Å²) in [5, 5.41) is 2.82. The van der Waals surface area contributed by atoms with Crippen LogP contribution in [0.25, 0.3) is 16.8 Å². The van der Waals surface area contributed by atoms with Gasteiger partial charge in [0, 0.05) is 0 Å². The van der Waals surface area contributed by atoms with Crippen LogP contribution in [0.15, 0.2) is 24.3 Å². The molecule has 0 spiro atoms. The van der Waals surface area contributed by atoms with Gasteiger partial charge in [0.2, 0.25) is 0 Å². The maximum Gasteiger partial charge on any atom is -0.0103 e. The minimum absolute atomic E-state index is 1.08. The first-order valence-corrected chi connectivity index (χ1v) is 6.72. The molecule has 0 aliphatic carbocycles. The first-order valence-electron chi connectivity index (χ1n) is 6.72. The van der Waals surface area contributed by atoms with Crippen molar-refractivity contribution >= 4 is 16.8 Å². The topological polar surface area (TPSA) is 0 Å². The van der Waals surface area contributed by atoms with Crippen LogP contribution in [-0.4, -0.2) is 0 Å². The lowest BCUT2D eigenvalue weighted by molar-refractivity contribution is 1.23. The van der Waals surface area contributed by atoms with E-state index in [2.05, 4.69) is 65.0 Å². The van der Waals surface area contributed by atoms with Crippen LogP contribution in [0.3, 0.4) is 0 Å². The largest absolute Gasteiger partial charge is 0.0842 e. The second-order valence-corrected chi connectivity index (χ2v) is 5.22. The van der Waals surface area contributed by atoms with Crippen LogP contribution in [0.5, 0.6) is 0 Å². The summed E-state index contributed by atoms with van der Waals surface area (Å²) in [6, 6.07) is 6.90. The van der Waals surface area contributed by atoms with Crippen LogP contribution in [0.2, 0.25) is 0 Å². The van der Waals surface area contributed by atoms with Gasteiger partial charge >= 0.3 is 0 Å². The number of rotatable bonds is 2. The number of hydrogen-bond acceptors (Lipinski definition) is 0. The molecule has 0 fully saturated rings. The summed E-state index contributed by atoms with van der Waals surface area (Å²) in [4.78, 5) is 0. The predicted octanol–water partition coefficient (Wildman–Crippen LogP) is 5.50. The van der Waals surface area contributed by atoms with Crippen LogP contribution in [0.4, 0.5) is 0 Å². The van der Waals surface area contributed by atoms with Crippen molar-refractivity contribution in [1.82, 2.24) is 0 Å². The minimum Gasteiger partial charge on any atom is -0.0842 e. The summed E-state index contributed by atoms with van der Waals surface area (Å²) in [6.07, 6.45) is 5.58. The monoisotopic (exact) mass is 238 g/mol. The Balaban J connectivity index is 2.87. The average molecular weight is 238 g/mol. The molecule has 0 radical (unpaired) electrons. The van der Waals surface area contributed by atoms with E-state index in [4.69, 9.17) is 0 Å². The van der Waals surface area contributed by atoms with Gasteiger partial charge in [0.1, 0.15) is 0 Å². The number of benzene rings is 2. The van der Waals surface area contributed by atoms with Crippen molar-refractivity contribution in [3.8, 4) is 0 Å². The summed E-state index contributed by atoms with van der Waals surface area (Å²) >= 11 is 0. The zero-order valence-corrected chi connectivity index (χ0v) is 12.1. The smallest absolute Gasteiger partial charge is 0.0103 e. The summed E-state index contributed by atoms with van der Waals surface area (Å²) in [6.45, 7) is 11.0. The van der Waals surface area contributed by atoms with Gasteiger partial charge in [-0.3, -0.25) is 0 Å². The van der Waals surface area contributed by atoms with Crippen molar-refractivity contribution in [1.29, 1.82) is 0 Å². The Morgan fingerprint density at radius 1 is 0.944 bits per heavy atom. The van der Waals surface area contributed by atoms with Crippen LogP contribution < -0.4 is 0 Å². The van der Waals surface area contributed by atoms with E-state index in [0.29, 0.717) is 0 Å². The molecule has 0 nitrogen and oxygen atoms in total. The first-order chi connectivity index (χ1) is 8.54. The van der Waals surface area contributed by atoms with E-state index in [1.807, 2.05) is 0 Å². The highest BCUT2D eigenvalue weighted by Gasteiger charge is 2.08. The number of fused-ring (bicyclic) bond motifs is 1. The average Bonchev–Trinajstić information content (AvgIpc) is 2.31. The van der Waals surface area contributed by atoms with E-state index in [9.17, 15) is 0 Å². The van der Waals surface area contributed by atoms with Gasteiger partial charge in [0.25, 0.3) is 0 Å². The maximum atomic E-state index is 2.31. The molecule has 0 heteroatoms. The molecule has 0 N–H and O–H groups in total. The van der Waals surface area contributed by atoms with Crippen LogP contribution in [0, 0.1) is 27.7 Å². The molecule has 18 heavy (non-hydrogen) atoms. The van der Waals surface area contributed by atoms with Gasteiger partial charge in [0.05, 0.1) is 0 Å². The third-order valence-electron chi connectivity index (χ3n) is 3.66. The molecule has 0 amide bonds. The van der Waals surface area contributed by atoms with Crippen molar-refractivity contribution in [3.63, 3.8) is 0 Å². The number of hydrogen-bond donors (Lipinski definition) is 0. The molecule has 2 rings (SSSR count). The van der Waals surface area contributed by atoms with Crippen molar-refractivity contribution < 1.29 is 0 Å². The van der Waals surface area contributed by atoms with Gasteiger partial charge in [-0.2, -0.15) is 0 Å². The van der Waals surface area contributed by atoms with E-state index in [0.717, 1.165) is 6.42 Å². The summed E-state index contributed by atoms with van der Waals surface area (Å²) in [5.41, 5.74) is 6.87. The molecule has 0 aliphatic rings. The Kier molecular flexibility index (Phi) is 3.56. The molecule has 2 aromatic rings. The molecular weight excluding hydrogens is 216 g/mol. The predicted molar refractivity (Wildman–Crippen MR) is 82.2 cm³/mol. The molecule has 2 aromatic carbocycles. The van der Waals surface area contributed by atoms with Crippen LogP contribution in [0.1, 0.15) is 41.2 Å². The lowest BCUT2D eigenvalue weighted by Crippen LogP contribution is -1.92. The standard InChI is InChI=1S/C18H22/c1-6-7-8-16-11-13(3)15(5)18-14(4)9-12(2)10-17(16)18/h7-11H,6H2,1-5H3/b8-7+. The molecule has 0 saturated heterocycles. The van der Waals surface area contributed by atoms with Gasteiger partial charge in [-0.15, -0.1) is 0 Å². The van der Waals surface area contributed by atoms with Gasteiger partial charge in [-0.1, -0.05) is 42.8 Å². The Morgan fingerprint density at radius 2 is 1.67 bits per heavy atom. The third kappa shape index (κ3) is 2.20. The SMILES string of the molecule is CC/C=C/c1cc(C)c(C)c2c(C)cc(C)cc12. The molecule has 0 unspecified atom stereocenters. The lowest BCUT2D eigenvalue weighted by atomic mass is 9.91. The maximum absolute atomic E-state index is 2.31. The van der Waals surface area contributed by atoms with Crippen molar-refractivity contribution in [3.05, 3.63) is 52.1 Å². The Morgan fingerprint density at radius 3 is 2.33 bits per heavy atom. The van der Waals surface area contributed by atoms with E-state index in [1.165, 1.54) is 38.6 Å². The number of aryl methyl sites for hydroxylation is 4. The highest BCUT2D eigenvalue weighted by molar-refractivity contribution is 5.96. The minimum atomic E-state index is 1.08. The first kappa shape index (κ1) is 12.9. The summed E-state index contributed by atoms with van der Waals surface area (Å²) < 4.78 is 0. The highest BCUT2D eigenvalue weighted by Crippen LogP contribution is 2.30. The Hall–Kier alpha value is -1.56. The second kappa shape index (κ2) is 4.97. The molecule has 94 valence electrons. The van der Waals surface area contributed by atoms with Gasteiger partial charge in [0.15, 0.2) is 0 Å². The number of allylic oxidation sites excluding steroid dienone is 1. The molecule has 0 atom stereocenters. The van der Waals surface area contributed by atoms with E-state index < -0.39 is 0 Å². The van der Waals surface area contributed by atoms with Crippen molar-refractivity contribution in [2.45, 2.75) is 41.0 Å². The third-order valence-corrected chi connectivity index (χ3v) is 3.66. The molecule has 0 bridgehead atoms. The van der Waals surface area contributed by atoms with E-state index in [-0.39, 0.29) is 0 Å². The van der Waals surface area contributed by atoms with Crippen molar-refractivity contribution in [2.75, 3.05) is 0 Å². The van der Waals surface area contributed by atoms with Crippen molar-refractivity contribution in [2.24, 2.45) is 0 Å². The van der Waals surface area contributed by atoms with Crippen LogP contribution >= 0.6 is 0 Å². The molecule has 0 heterocycles. The summed E-state index contributed by atoms with van der Waals surface area (Å²) in [7, 11) is 0. The lowest BCUT2D eigenvalue weighted by Gasteiger charge is -2.13. The summed E-state index contributed by atoms with van der Waals surface area (Å²) in [5.74, 6) is 0. The zero-order valence-electron chi connectivity index (χ0n) is 12.1. The molecule has 0 aliphatic heterocycles. The van der Waals surface area contributed by atoms with Gasteiger partial charge < -0.3 is 0 Å². The quantitative estimate of drug-likeness (QED) is 0.648. The fraction of sp³-hybridized carbons (Fsp3) is 0.333. The Bertz CT molecular complexity index is 616. The second-order valence-electron chi connectivity index (χ2n) is 5.22. The molecule has 0 aromatic heterocycles. The van der Waals surface area contributed by atoms with Gasteiger partial charge in [-0.25, -0.2) is 0 Å². The highest BCUT2D eigenvalue weighted by atomic mass is 14.1. The molecular formula is C18H22. The van der Waals surface area contributed by atoms with E-state index >= 15 is 0 Å². The molecule has 0 saturated carbocycles. The normalized spacial score (nSPS) is 11.6. The zero-order chi connectivity index (χ0) is 13.3. The fourth-order valence-corrected chi connectivity index (χ4v) is 2.69. The van der Waals surface area contributed by atoms with E-state index in [1.54, 1.807) is 0 Å².